The van der Waals surface area contributed by atoms with Gasteiger partial charge in [0.25, 0.3) is 12.3 Å². The number of ether oxygens (including phenoxy) is 1. The Hall–Kier alpha value is -2.17. The minimum atomic E-state index is -3.00. The Morgan fingerprint density at radius 1 is 1.43 bits per heavy atom. The molecule has 6 nitrogen and oxygen atoms in total. The Bertz CT molecular complexity index is 830. The van der Waals surface area contributed by atoms with Crippen LogP contribution in [0.15, 0.2) is 29.3 Å². The molecule has 2 aromatic rings. The van der Waals surface area contributed by atoms with Gasteiger partial charge in [0.1, 0.15) is 5.82 Å². The number of nitrogens with two attached hydrogens (primary N) is 1. The minimum absolute atomic E-state index is 0.0252. The molecular weight excluding hydrogens is 395 g/mol. The number of hydrogen-bond donors (Lipinski definition) is 3. The van der Waals surface area contributed by atoms with E-state index in [1.54, 1.807) is 13.2 Å². The van der Waals surface area contributed by atoms with E-state index in [1.807, 2.05) is 6.92 Å². The first-order valence-corrected chi connectivity index (χ1v) is 9.42. The number of carbonyl (C=O) groups is 1. The van der Waals surface area contributed by atoms with Crippen molar-refractivity contribution >= 4 is 23.5 Å². The van der Waals surface area contributed by atoms with Crippen LogP contribution in [0.1, 0.15) is 42.2 Å². The second-order valence-corrected chi connectivity index (χ2v) is 6.77. The SMILES string of the molecule is CCC(O)CCOc1c(SN)cn(C)c1C(=O)Nc1ccc(F)c(C(F)F)c1. The highest BCUT2D eigenvalue weighted by atomic mass is 32.2. The van der Waals surface area contributed by atoms with Crippen LogP contribution in [0, 0.1) is 5.82 Å². The van der Waals surface area contributed by atoms with Gasteiger partial charge in [-0.1, -0.05) is 6.92 Å². The first-order chi connectivity index (χ1) is 13.3. The van der Waals surface area contributed by atoms with Crippen molar-refractivity contribution in [1.82, 2.24) is 4.57 Å². The van der Waals surface area contributed by atoms with Gasteiger partial charge in [-0.3, -0.25) is 9.93 Å². The quantitative estimate of drug-likeness (QED) is 0.539. The molecule has 0 aliphatic heterocycles. The fraction of sp³-hybridized carbons (Fsp3) is 0.389. The number of alkyl halides is 2. The van der Waals surface area contributed by atoms with E-state index in [1.165, 1.54) is 10.6 Å². The maximum atomic E-state index is 13.4. The van der Waals surface area contributed by atoms with Crippen LogP contribution in [0.4, 0.5) is 18.9 Å². The summed E-state index contributed by atoms with van der Waals surface area (Å²) in [5.74, 6) is -1.44. The average molecular weight is 417 g/mol. The van der Waals surface area contributed by atoms with Crippen LogP contribution in [-0.4, -0.2) is 28.3 Å². The number of aromatic nitrogens is 1. The smallest absolute Gasteiger partial charge is 0.276 e. The standard InChI is InChI=1S/C18H22F3N3O3S/c1-3-11(25)6-7-27-16-14(28-22)9-24(2)15(16)18(26)23-10-4-5-13(19)12(8-10)17(20)21/h4-5,8-9,11,17,25H,3,6-7,22H2,1-2H3,(H,23,26). The molecule has 0 fully saturated rings. The van der Waals surface area contributed by atoms with Gasteiger partial charge in [-0.2, -0.15) is 0 Å². The third-order valence-electron chi connectivity index (χ3n) is 4.10. The molecule has 1 unspecified atom stereocenters. The van der Waals surface area contributed by atoms with E-state index in [9.17, 15) is 23.1 Å². The highest BCUT2D eigenvalue weighted by Gasteiger charge is 2.23. The maximum Gasteiger partial charge on any atom is 0.276 e. The van der Waals surface area contributed by atoms with Crippen LogP contribution < -0.4 is 15.2 Å². The van der Waals surface area contributed by atoms with Gasteiger partial charge in [-0.25, -0.2) is 13.2 Å². The molecular formula is C18H22F3N3O3S. The Morgan fingerprint density at radius 3 is 2.75 bits per heavy atom. The molecule has 10 heteroatoms. The van der Waals surface area contributed by atoms with Crippen LogP contribution in [0.3, 0.4) is 0 Å². The molecule has 0 saturated heterocycles. The van der Waals surface area contributed by atoms with E-state index in [4.69, 9.17) is 9.88 Å². The van der Waals surface area contributed by atoms with Gasteiger partial charge in [0, 0.05) is 25.4 Å². The second-order valence-electron chi connectivity index (χ2n) is 6.09. The fourth-order valence-corrected chi connectivity index (χ4v) is 3.02. The Labute approximate surface area is 165 Å². The summed E-state index contributed by atoms with van der Waals surface area (Å²) in [6.45, 7) is 2.00. The van der Waals surface area contributed by atoms with Crippen molar-refractivity contribution in [2.24, 2.45) is 12.2 Å². The molecule has 0 aliphatic carbocycles. The van der Waals surface area contributed by atoms with Gasteiger partial charge in [0.15, 0.2) is 11.4 Å². The zero-order valence-corrected chi connectivity index (χ0v) is 16.2. The van der Waals surface area contributed by atoms with Crippen molar-refractivity contribution in [1.29, 1.82) is 0 Å². The van der Waals surface area contributed by atoms with E-state index in [2.05, 4.69) is 5.32 Å². The summed E-state index contributed by atoms with van der Waals surface area (Å²) < 4.78 is 46.3. The fourth-order valence-electron chi connectivity index (χ4n) is 2.54. The topological polar surface area (TPSA) is 89.5 Å². The lowest BCUT2D eigenvalue weighted by atomic mass is 10.2. The number of nitrogens with zero attached hydrogens (tertiary/aromatic N) is 1. The predicted octanol–water partition coefficient (Wildman–Crippen LogP) is 3.86. The van der Waals surface area contributed by atoms with E-state index < -0.39 is 29.8 Å². The number of amides is 1. The first-order valence-electron chi connectivity index (χ1n) is 8.54. The highest BCUT2D eigenvalue weighted by molar-refractivity contribution is 7.97. The number of nitrogens with one attached hydrogen (secondary N) is 1. The van der Waals surface area contributed by atoms with E-state index in [0.717, 1.165) is 24.1 Å². The summed E-state index contributed by atoms with van der Waals surface area (Å²) in [6.07, 6.45) is -0.990. The summed E-state index contributed by atoms with van der Waals surface area (Å²) in [5, 5.41) is 17.7. The molecule has 0 spiro atoms. The van der Waals surface area contributed by atoms with Gasteiger partial charge in [0.05, 0.1) is 23.2 Å². The Morgan fingerprint density at radius 2 is 2.14 bits per heavy atom. The lowest BCUT2D eigenvalue weighted by molar-refractivity contribution is 0.101. The molecule has 28 heavy (non-hydrogen) atoms. The molecule has 1 aromatic carbocycles. The number of aliphatic hydroxyl groups excluding tert-OH is 1. The van der Waals surface area contributed by atoms with Gasteiger partial charge in [0.2, 0.25) is 0 Å². The number of carbonyl (C=O) groups excluding carboxylic acids is 1. The molecule has 0 bridgehead atoms. The second kappa shape index (κ2) is 9.85. The van der Waals surface area contributed by atoms with Gasteiger partial charge in [-0.15, -0.1) is 0 Å². The van der Waals surface area contributed by atoms with Gasteiger partial charge < -0.3 is 19.7 Å². The molecule has 1 amide bonds. The number of benzene rings is 1. The van der Waals surface area contributed by atoms with Crippen molar-refractivity contribution in [2.45, 2.75) is 37.2 Å². The lowest BCUT2D eigenvalue weighted by Crippen LogP contribution is -2.18. The Kier molecular flexibility index (Phi) is 7.78. The van der Waals surface area contributed by atoms with Crippen molar-refractivity contribution in [3.63, 3.8) is 0 Å². The number of aryl methyl sites for hydroxylation is 1. The van der Waals surface area contributed by atoms with Crippen molar-refractivity contribution in [3.05, 3.63) is 41.5 Å². The van der Waals surface area contributed by atoms with Crippen molar-refractivity contribution < 1.29 is 27.8 Å². The number of halogens is 3. The molecule has 2 rings (SSSR count). The molecule has 1 aromatic heterocycles. The van der Waals surface area contributed by atoms with Gasteiger partial charge >= 0.3 is 0 Å². The van der Waals surface area contributed by atoms with E-state index >= 15 is 0 Å². The average Bonchev–Trinajstić information content (AvgIpc) is 2.98. The minimum Gasteiger partial charge on any atom is -0.490 e. The lowest BCUT2D eigenvalue weighted by Gasteiger charge is -2.13. The monoisotopic (exact) mass is 417 g/mol. The third kappa shape index (κ3) is 5.21. The number of aliphatic hydroxyl groups is 1. The zero-order valence-electron chi connectivity index (χ0n) is 15.4. The third-order valence-corrected chi connectivity index (χ3v) is 4.65. The maximum absolute atomic E-state index is 13.4. The molecule has 0 saturated carbocycles. The van der Waals surface area contributed by atoms with Crippen LogP contribution in [-0.2, 0) is 7.05 Å². The summed E-state index contributed by atoms with van der Waals surface area (Å²) in [4.78, 5) is 13.2. The van der Waals surface area contributed by atoms with E-state index in [-0.39, 0.29) is 23.7 Å². The van der Waals surface area contributed by atoms with Crippen molar-refractivity contribution in [3.8, 4) is 5.75 Å². The largest absolute Gasteiger partial charge is 0.490 e. The number of rotatable bonds is 9. The molecule has 154 valence electrons. The molecule has 0 radical (unpaired) electrons. The highest BCUT2D eigenvalue weighted by Crippen LogP contribution is 2.33. The summed E-state index contributed by atoms with van der Waals surface area (Å²) >= 11 is 0.890. The van der Waals surface area contributed by atoms with Crippen LogP contribution >= 0.6 is 11.9 Å². The summed E-state index contributed by atoms with van der Waals surface area (Å²) in [5.41, 5.74) is -0.646. The summed E-state index contributed by atoms with van der Waals surface area (Å²) in [7, 11) is 1.61. The van der Waals surface area contributed by atoms with Gasteiger partial charge in [-0.05, 0) is 36.6 Å². The number of hydrogen-bond acceptors (Lipinski definition) is 5. The zero-order chi connectivity index (χ0) is 20.8. The summed E-state index contributed by atoms with van der Waals surface area (Å²) in [6, 6.07) is 2.95. The molecule has 1 atom stereocenters. The first kappa shape index (κ1) is 22.1. The normalized spacial score (nSPS) is 12.3. The van der Waals surface area contributed by atoms with Crippen LogP contribution in [0.25, 0.3) is 0 Å². The van der Waals surface area contributed by atoms with Crippen LogP contribution in [0.2, 0.25) is 0 Å². The van der Waals surface area contributed by atoms with Crippen molar-refractivity contribution in [2.75, 3.05) is 11.9 Å². The van der Waals surface area contributed by atoms with E-state index in [0.29, 0.717) is 17.7 Å². The molecule has 4 N–H and O–H groups in total. The molecule has 0 aliphatic rings. The van der Waals surface area contributed by atoms with Crippen LogP contribution in [0.5, 0.6) is 5.75 Å². The number of anilines is 1. The molecule has 1 heterocycles. The predicted molar refractivity (Wildman–Crippen MR) is 101 cm³/mol. The Balaban J connectivity index is 2.25.